The molecular weight excluding hydrogens is 323 g/mol. The zero-order valence-electron chi connectivity index (χ0n) is 12.6. The molecule has 0 radical (unpaired) electrons. The standard InChI is InChI=1S/2C8H8ClNO/c1-5-7(6(2)11)3-4-8(9)10-5;1-6(11)7-3-2-4-10-8(7)5-9/h3-4H,1-2H3;2-4H,5H2,1H3. The van der Waals surface area contributed by atoms with Crippen LogP contribution < -0.4 is 0 Å². The maximum Gasteiger partial charge on any atom is 0.161 e. The van der Waals surface area contributed by atoms with Crippen LogP contribution in [0.5, 0.6) is 0 Å². The predicted molar refractivity (Wildman–Crippen MR) is 87.8 cm³/mol. The molecule has 0 saturated carbocycles. The summed E-state index contributed by atoms with van der Waals surface area (Å²) in [6.45, 7) is 4.79. The van der Waals surface area contributed by atoms with E-state index in [9.17, 15) is 9.59 Å². The second kappa shape index (κ2) is 8.61. The number of carbonyl (C=O) groups is 2. The van der Waals surface area contributed by atoms with Gasteiger partial charge in [-0.2, -0.15) is 0 Å². The van der Waals surface area contributed by atoms with E-state index in [0.717, 1.165) is 0 Å². The summed E-state index contributed by atoms with van der Waals surface area (Å²) in [5.41, 5.74) is 2.59. The molecule has 0 aromatic carbocycles. The Hall–Kier alpha value is -1.78. The number of carbonyl (C=O) groups excluding carboxylic acids is 2. The Balaban J connectivity index is 0.000000220. The molecule has 0 fully saturated rings. The average molecular weight is 339 g/mol. The van der Waals surface area contributed by atoms with Crippen molar-refractivity contribution in [3.63, 3.8) is 0 Å². The van der Waals surface area contributed by atoms with Crippen molar-refractivity contribution in [3.05, 3.63) is 58.1 Å². The number of pyridine rings is 2. The molecule has 0 saturated heterocycles. The third-order valence-electron chi connectivity index (χ3n) is 2.83. The van der Waals surface area contributed by atoms with Gasteiger partial charge < -0.3 is 0 Å². The lowest BCUT2D eigenvalue weighted by molar-refractivity contribution is 0.100. The zero-order chi connectivity index (χ0) is 16.7. The van der Waals surface area contributed by atoms with E-state index < -0.39 is 0 Å². The van der Waals surface area contributed by atoms with Gasteiger partial charge >= 0.3 is 0 Å². The molecule has 0 aliphatic carbocycles. The highest BCUT2D eigenvalue weighted by Crippen LogP contribution is 2.10. The van der Waals surface area contributed by atoms with Crippen LogP contribution in [-0.4, -0.2) is 21.5 Å². The molecule has 2 rings (SSSR count). The van der Waals surface area contributed by atoms with Gasteiger partial charge in [0.05, 0.1) is 11.6 Å². The van der Waals surface area contributed by atoms with E-state index in [1.165, 1.54) is 13.8 Å². The Morgan fingerprint density at radius 2 is 1.73 bits per heavy atom. The Morgan fingerprint density at radius 3 is 2.18 bits per heavy atom. The van der Waals surface area contributed by atoms with Crippen molar-refractivity contribution < 1.29 is 9.59 Å². The Morgan fingerprint density at radius 1 is 1.09 bits per heavy atom. The maximum absolute atomic E-state index is 10.9. The van der Waals surface area contributed by atoms with E-state index >= 15 is 0 Å². The summed E-state index contributed by atoms with van der Waals surface area (Å²) in [5.74, 6) is 0.316. The van der Waals surface area contributed by atoms with E-state index in [1.807, 2.05) is 0 Å². The summed E-state index contributed by atoms with van der Waals surface area (Å²) < 4.78 is 0. The molecule has 2 heterocycles. The van der Waals surface area contributed by atoms with E-state index in [2.05, 4.69) is 9.97 Å². The minimum atomic E-state index is 0.00810. The number of hydrogen-bond donors (Lipinski definition) is 0. The van der Waals surface area contributed by atoms with Crippen LogP contribution in [-0.2, 0) is 5.88 Å². The zero-order valence-corrected chi connectivity index (χ0v) is 14.1. The van der Waals surface area contributed by atoms with E-state index in [4.69, 9.17) is 23.2 Å². The number of Topliss-reactive ketones (excluding diaryl/α,β-unsaturated/α-hetero) is 2. The highest BCUT2D eigenvalue weighted by atomic mass is 35.5. The molecule has 0 amide bonds. The van der Waals surface area contributed by atoms with Gasteiger partial charge in [-0.25, -0.2) is 4.98 Å². The lowest BCUT2D eigenvalue weighted by Gasteiger charge is -1.99. The third-order valence-corrected chi connectivity index (χ3v) is 3.29. The van der Waals surface area contributed by atoms with Crippen molar-refractivity contribution >= 4 is 34.8 Å². The molecule has 0 atom stereocenters. The van der Waals surface area contributed by atoms with Crippen molar-refractivity contribution in [1.29, 1.82) is 0 Å². The maximum atomic E-state index is 10.9. The summed E-state index contributed by atoms with van der Waals surface area (Å²) in [4.78, 5) is 29.7. The molecule has 0 bridgehead atoms. The SMILES string of the molecule is CC(=O)c1ccc(Cl)nc1C.CC(=O)c1cccnc1CCl. The molecule has 2 aromatic rings. The van der Waals surface area contributed by atoms with Crippen molar-refractivity contribution in [3.8, 4) is 0 Å². The fraction of sp³-hybridized carbons (Fsp3) is 0.250. The smallest absolute Gasteiger partial charge is 0.161 e. The summed E-state index contributed by atoms with van der Waals surface area (Å²) in [7, 11) is 0. The number of alkyl halides is 1. The molecule has 0 N–H and O–H groups in total. The van der Waals surface area contributed by atoms with Gasteiger partial charge in [0.15, 0.2) is 11.6 Å². The normalized spacial score (nSPS) is 9.68. The number of ketones is 2. The number of hydrogen-bond acceptors (Lipinski definition) is 4. The van der Waals surface area contributed by atoms with Crippen LogP contribution in [0.25, 0.3) is 0 Å². The molecule has 0 aliphatic heterocycles. The van der Waals surface area contributed by atoms with E-state index in [1.54, 1.807) is 37.4 Å². The second-order valence-corrected chi connectivity index (χ2v) is 5.17. The lowest BCUT2D eigenvalue weighted by atomic mass is 10.1. The Labute approximate surface area is 139 Å². The fourth-order valence-electron chi connectivity index (χ4n) is 1.77. The molecular formula is C16H16Cl2N2O2. The number of nitrogens with zero attached hydrogens (tertiary/aromatic N) is 2. The Kier molecular flexibility index (Phi) is 7.15. The molecule has 6 heteroatoms. The minimum Gasteiger partial charge on any atom is -0.294 e. The molecule has 0 unspecified atom stereocenters. The van der Waals surface area contributed by atoms with Crippen LogP contribution in [0.15, 0.2) is 30.5 Å². The topological polar surface area (TPSA) is 59.9 Å². The van der Waals surface area contributed by atoms with Gasteiger partial charge in [0.25, 0.3) is 0 Å². The predicted octanol–water partition coefficient (Wildman–Crippen LogP) is 4.27. The largest absolute Gasteiger partial charge is 0.294 e. The summed E-state index contributed by atoms with van der Waals surface area (Å²) in [5, 5.41) is 0.424. The first kappa shape index (κ1) is 18.3. The van der Waals surface area contributed by atoms with Crippen molar-refractivity contribution in [2.45, 2.75) is 26.7 Å². The van der Waals surface area contributed by atoms with Gasteiger partial charge in [-0.1, -0.05) is 11.6 Å². The van der Waals surface area contributed by atoms with Gasteiger partial charge in [0.1, 0.15) is 5.15 Å². The van der Waals surface area contributed by atoms with E-state index in [0.29, 0.717) is 27.7 Å². The Bertz CT molecular complexity index is 688. The highest BCUT2D eigenvalue weighted by molar-refractivity contribution is 6.29. The molecule has 0 aliphatic rings. The van der Waals surface area contributed by atoms with Crippen LogP contribution in [0.1, 0.15) is 46.0 Å². The second-order valence-electron chi connectivity index (χ2n) is 4.51. The molecule has 22 heavy (non-hydrogen) atoms. The lowest BCUT2D eigenvalue weighted by Crippen LogP contribution is -1.99. The average Bonchev–Trinajstić information content (AvgIpc) is 2.47. The first-order chi connectivity index (χ1) is 10.4. The summed E-state index contributed by atoms with van der Waals surface area (Å²) >= 11 is 11.2. The highest BCUT2D eigenvalue weighted by Gasteiger charge is 2.05. The van der Waals surface area contributed by atoms with Gasteiger partial charge in [0.2, 0.25) is 0 Å². The van der Waals surface area contributed by atoms with Crippen LogP contribution >= 0.6 is 23.2 Å². The molecule has 2 aromatic heterocycles. The first-order valence-corrected chi connectivity index (χ1v) is 7.43. The first-order valence-electron chi connectivity index (χ1n) is 6.51. The van der Waals surface area contributed by atoms with Crippen molar-refractivity contribution in [1.82, 2.24) is 9.97 Å². The van der Waals surface area contributed by atoms with Crippen molar-refractivity contribution in [2.24, 2.45) is 0 Å². The van der Waals surface area contributed by atoms with Gasteiger partial charge in [-0.05, 0) is 45.0 Å². The van der Waals surface area contributed by atoms with Crippen LogP contribution in [0, 0.1) is 6.92 Å². The van der Waals surface area contributed by atoms with Crippen LogP contribution in [0.2, 0.25) is 5.15 Å². The third kappa shape index (κ3) is 5.20. The number of aromatic nitrogens is 2. The van der Waals surface area contributed by atoms with E-state index in [-0.39, 0.29) is 17.4 Å². The van der Waals surface area contributed by atoms with Gasteiger partial charge in [-0.3, -0.25) is 14.6 Å². The van der Waals surface area contributed by atoms with Crippen molar-refractivity contribution in [2.75, 3.05) is 0 Å². The number of halogens is 2. The van der Waals surface area contributed by atoms with Crippen LogP contribution in [0.3, 0.4) is 0 Å². The fourth-order valence-corrected chi connectivity index (χ4v) is 2.17. The summed E-state index contributed by atoms with van der Waals surface area (Å²) in [6.07, 6.45) is 1.63. The molecule has 116 valence electrons. The monoisotopic (exact) mass is 338 g/mol. The number of aryl methyl sites for hydroxylation is 1. The molecule has 0 spiro atoms. The van der Waals surface area contributed by atoms with Gasteiger partial charge in [0, 0.05) is 23.0 Å². The van der Waals surface area contributed by atoms with Gasteiger partial charge in [-0.15, -0.1) is 11.6 Å². The van der Waals surface area contributed by atoms with Crippen LogP contribution in [0.4, 0.5) is 0 Å². The minimum absolute atomic E-state index is 0.00810. The summed E-state index contributed by atoms with van der Waals surface area (Å²) in [6, 6.07) is 6.76. The number of rotatable bonds is 3. The quantitative estimate of drug-likeness (QED) is 0.476. The molecule has 4 nitrogen and oxygen atoms in total.